The number of ketones is 1. The molecule has 0 fully saturated rings. The fourth-order valence-corrected chi connectivity index (χ4v) is 1.93. The molecule has 0 heterocycles. The van der Waals surface area contributed by atoms with Gasteiger partial charge in [-0.1, -0.05) is 22.0 Å². The normalized spacial score (nSPS) is 10.6. The van der Waals surface area contributed by atoms with E-state index in [0.29, 0.717) is 17.9 Å². The lowest BCUT2D eigenvalue weighted by atomic mass is 10.1. The average Bonchev–Trinajstić information content (AvgIpc) is 2.31. The minimum atomic E-state index is 0.0559. The molecule has 0 aliphatic heterocycles. The number of carbonyl (C=O) groups is 1. The van der Waals surface area contributed by atoms with Gasteiger partial charge in [0, 0.05) is 10.9 Å². The summed E-state index contributed by atoms with van der Waals surface area (Å²) in [5.41, 5.74) is 0.880. The highest BCUT2D eigenvalue weighted by Gasteiger charge is 2.11. The van der Waals surface area contributed by atoms with Gasteiger partial charge in [-0.3, -0.25) is 4.79 Å². The van der Waals surface area contributed by atoms with E-state index in [9.17, 15) is 4.79 Å². The Morgan fingerprint density at radius 2 is 1.88 bits per heavy atom. The molecule has 92 valence electrons. The molecule has 0 aliphatic carbocycles. The Kier molecular flexibility index (Phi) is 5.22. The molecule has 0 saturated carbocycles. The van der Waals surface area contributed by atoms with E-state index in [4.69, 9.17) is 9.47 Å². The van der Waals surface area contributed by atoms with Crippen LogP contribution >= 0.6 is 15.9 Å². The van der Waals surface area contributed by atoms with E-state index in [0.717, 1.165) is 10.0 Å². The second kappa shape index (κ2) is 6.45. The Morgan fingerprint density at radius 3 is 2.41 bits per heavy atom. The predicted molar refractivity (Wildman–Crippen MR) is 70.8 cm³/mol. The molecule has 3 nitrogen and oxygen atoms in total. The van der Waals surface area contributed by atoms with Gasteiger partial charge in [0.2, 0.25) is 0 Å². The molecule has 0 bridgehead atoms. The Morgan fingerprint density at radius 1 is 1.29 bits per heavy atom. The second-order valence-electron chi connectivity index (χ2n) is 3.44. The van der Waals surface area contributed by atoms with Gasteiger partial charge in [0.15, 0.2) is 17.3 Å². The van der Waals surface area contributed by atoms with Gasteiger partial charge < -0.3 is 9.47 Å². The van der Waals surface area contributed by atoms with E-state index in [-0.39, 0.29) is 5.78 Å². The van der Waals surface area contributed by atoms with E-state index >= 15 is 0 Å². The first-order chi connectivity index (χ1) is 8.12. The maximum Gasteiger partial charge on any atom is 0.161 e. The standard InChI is InChI=1S/C13H15BrO3/c1-4-5-10(15)6-9-7-12(16-2)13(17-3)8-11(9)14/h4-5,7-8H,6H2,1-3H3/b5-4-. The zero-order chi connectivity index (χ0) is 12.8. The second-order valence-corrected chi connectivity index (χ2v) is 4.30. The molecule has 0 saturated heterocycles. The van der Waals surface area contributed by atoms with Crippen LogP contribution in [0.3, 0.4) is 0 Å². The molecule has 4 heteroatoms. The number of methoxy groups -OCH3 is 2. The van der Waals surface area contributed by atoms with Crippen molar-refractivity contribution in [3.05, 3.63) is 34.3 Å². The summed E-state index contributed by atoms with van der Waals surface area (Å²) in [6, 6.07) is 3.61. The van der Waals surface area contributed by atoms with Crippen LogP contribution in [0.15, 0.2) is 28.8 Å². The quantitative estimate of drug-likeness (QED) is 0.784. The predicted octanol–water partition coefficient (Wildman–Crippen LogP) is 3.15. The van der Waals surface area contributed by atoms with E-state index in [2.05, 4.69) is 15.9 Å². The van der Waals surface area contributed by atoms with Gasteiger partial charge in [-0.05, 0) is 30.7 Å². The SMILES string of the molecule is C/C=C\C(=O)Cc1cc(OC)c(OC)cc1Br. The van der Waals surface area contributed by atoms with Gasteiger partial charge in [-0.25, -0.2) is 0 Å². The lowest BCUT2D eigenvalue weighted by Crippen LogP contribution is -2.01. The maximum absolute atomic E-state index is 11.5. The van der Waals surface area contributed by atoms with Gasteiger partial charge >= 0.3 is 0 Å². The minimum absolute atomic E-state index is 0.0559. The molecule has 0 spiro atoms. The van der Waals surface area contributed by atoms with Crippen molar-refractivity contribution in [2.24, 2.45) is 0 Å². The molecule has 0 N–H and O–H groups in total. The van der Waals surface area contributed by atoms with E-state index in [1.54, 1.807) is 32.4 Å². The molecule has 0 amide bonds. The summed E-state index contributed by atoms with van der Waals surface area (Å²) in [5.74, 6) is 1.32. The number of hydrogen-bond acceptors (Lipinski definition) is 3. The molecular formula is C13H15BrO3. The van der Waals surface area contributed by atoms with Crippen molar-refractivity contribution in [1.29, 1.82) is 0 Å². The number of benzene rings is 1. The number of carbonyl (C=O) groups excluding carboxylic acids is 1. The van der Waals surface area contributed by atoms with Crippen molar-refractivity contribution in [3.8, 4) is 11.5 Å². The third-order valence-electron chi connectivity index (χ3n) is 2.27. The first-order valence-electron chi connectivity index (χ1n) is 5.18. The first kappa shape index (κ1) is 13.8. The highest BCUT2D eigenvalue weighted by molar-refractivity contribution is 9.10. The van der Waals surface area contributed by atoms with Gasteiger partial charge in [0.1, 0.15) is 0 Å². The lowest BCUT2D eigenvalue weighted by molar-refractivity contribution is -0.114. The molecule has 1 aromatic rings. The fourth-order valence-electron chi connectivity index (χ4n) is 1.46. The summed E-state index contributed by atoms with van der Waals surface area (Å²) < 4.78 is 11.2. The van der Waals surface area contributed by atoms with Crippen molar-refractivity contribution in [1.82, 2.24) is 0 Å². The summed E-state index contributed by atoms with van der Waals surface area (Å²) in [4.78, 5) is 11.5. The van der Waals surface area contributed by atoms with Crippen LogP contribution < -0.4 is 9.47 Å². The summed E-state index contributed by atoms with van der Waals surface area (Å²) in [5, 5.41) is 0. The van der Waals surface area contributed by atoms with E-state index < -0.39 is 0 Å². The zero-order valence-corrected chi connectivity index (χ0v) is 11.7. The number of halogens is 1. The third-order valence-corrected chi connectivity index (χ3v) is 3.01. The monoisotopic (exact) mass is 298 g/mol. The summed E-state index contributed by atoms with van der Waals surface area (Å²) in [6.45, 7) is 1.82. The van der Waals surface area contributed by atoms with Crippen LogP contribution in [0, 0.1) is 0 Å². The summed E-state index contributed by atoms with van der Waals surface area (Å²) in [6.07, 6.45) is 3.63. The Hall–Kier alpha value is -1.29. The molecule has 0 atom stereocenters. The van der Waals surface area contributed by atoms with Crippen molar-refractivity contribution < 1.29 is 14.3 Å². The zero-order valence-electron chi connectivity index (χ0n) is 10.1. The van der Waals surface area contributed by atoms with Crippen molar-refractivity contribution >= 4 is 21.7 Å². The Labute approximate surface area is 110 Å². The lowest BCUT2D eigenvalue weighted by Gasteiger charge is -2.11. The number of rotatable bonds is 5. The highest BCUT2D eigenvalue weighted by Crippen LogP contribution is 2.33. The number of hydrogen-bond donors (Lipinski definition) is 0. The fraction of sp³-hybridized carbons (Fsp3) is 0.308. The Bertz CT molecular complexity index is 439. The van der Waals surface area contributed by atoms with Crippen molar-refractivity contribution in [2.45, 2.75) is 13.3 Å². The number of ether oxygens (including phenoxy) is 2. The molecular weight excluding hydrogens is 284 g/mol. The van der Waals surface area contributed by atoms with Crippen LogP contribution in [0.2, 0.25) is 0 Å². The van der Waals surface area contributed by atoms with E-state index in [1.165, 1.54) is 0 Å². The maximum atomic E-state index is 11.5. The van der Waals surface area contributed by atoms with Crippen molar-refractivity contribution in [2.75, 3.05) is 14.2 Å². The van der Waals surface area contributed by atoms with Crippen LogP contribution in [0.5, 0.6) is 11.5 Å². The minimum Gasteiger partial charge on any atom is -0.493 e. The number of allylic oxidation sites excluding steroid dienone is 2. The molecule has 1 aromatic carbocycles. The molecule has 1 rings (SSSR count). The van der Waals surface area contributed by atoms with Crippen LogP contribution in [0.4, 0.5) is 0 Å². The van der Waals surface area contributed by atoms with Crippen molar-refractivity contribution in [3.63, 3.8) is 0 Å². The molecule has 17 heavy (non-hydrogen) atoms. The average molecular weight is 299 g/mol. The molecule has 0 aromatic heterocycles. The van der Waals surface area contributed by atoms with Crippen LogP contribution in [0.25, 0.3) is 0 Å². The highest BCUT2D eigenvalue weighted by atomic mass is 79.9. The smallest absolute Gasteiger partial charge is 0.161 e. The summed E-state index contributed by atoms with van der Waals surface area (Å²) in [7, 11) is 3.15. The van der Waals surface area contributed by atoms with Gasteiger partial charge in [-0.15, -0.1) is 0 Å². The van der Waals surface area contributed by atoms with Crippen LogP contribution in [-0.4, -0.2) is 20.0 Å². The molecule has 0 aliphatic rings. The molecule has 0 radical (unpaired) electrons. The van der Waals surface area contributed by atoms with Gasteiger partial charge in [-0.2, -0.15) is 0 Å². The topological polar surface area (TPSA) is 35.5 Å². The van der Waals surface area contributed by atoms with Gasteiger partial charge in [0.05, 0.1) is 14.2 Å². The van der Waals surface area contributed by atoms with Gasteiger partial charge in [0.25, 0.3) is 0 Å². The first-order valence-corrected chi connectivity index (χ1v) is 5.97. The summed E-state index contributed by atoms with van der Waals surface area (Å²) >= 11 is 3.42. The Balaban J connectivity index is 3.04. The largest absolute Gasteiger partial charge is 0.493 e. The van der Waals surface area contributed by atoms with E-state index in [1.807, 2.05) is 13.0 Å². The van der Waals surface area contributed by atoms with Crippen LogP contribution in [-0.2, 0) is 11.2 Å². The molecule has 0 unspecified atom stereocenters. The van der Waals surface area contributed by atoms with Crippen LogP contribution in [0.1, 0.15) is 12.5 Å². The third kappa shape index (κ3) is 3.60.